The summed E-state index contributed by atoms with van der Waals surface area (Å²) in [5, 5.41) is 5.68. The van der Waals surface area contributed by atoms with E-state index in [2.05, 4.69) is 29.4 Å². The highest BCUT2D eigenvalue weighted by atomic mass is 19.1. The molecule has 4 nitrogen and oxygen atoms in total. The molecule has 1 aromatic rings. The Kier molecular flexibility index (Phi) is 5.17. The number of carbonyl (C=O) groups is 1. The minimum Gasteiger partial charge on any atom is -0.385 e. The van der Waals surface area contributed by atoms with Crippen molar-refractivity contribution in [3.8, 4) is 0 Å². The van der Waals surface area contributed by atoms with Gasteiger partial charge in [-0.1, -0.05) is 6.07 Å². The number of nitrogens with zero attached hydrogens (tertiary/aromatic N) is 1. The van der Waals surface area contributed by atoms with Crippen LogP contribution in [-0.4, -0.2) is 43.5 Å². The molecule has 1 saturated heterocycles. The van der Waals surface area contributed by atoms with Crippen molar-refractivity contribution in [3.63, 3.8) is 0 Å². The van der Waals surface area contributed by atoms with E-state index in [0.29, 0.717) is 24.1 Å². The van der Waals surface area contributed by atoms with Crippen molar-refractivity contribution in [2.75, 3.05) is 32.0 Å². The number of hydrogen-bond donors (Lipinski definition) is 2. The number of benzene rings is 1. The van der Waals surface area contributed by atoms with Crippen LogP contribution < -0.4 is 10.6 Å². The van der Waals surface area contributed by atoms with Crippen LogP contribution in [0.4, 0.5) is 10.1 Å². The highest BCUT2D eigenvalue weighted by Gasteiger charge is 2.24. The predicted molar refractivity (Wildman–Crippen MR) is 83.1 cm³/mol. The van der Waals surface area contributed by atoms with Gasteiger partial charge >= 0.3 is 0 Å². The average Bonchev–Trinajstić information content (AvgIpc) is 2.93. The van der Waals surface area contributed by atoms with Crippen LogP contribution >= 0.6 is 0 Å². The molecule has 0 radical (unpaired) electrons. The van der Waals surface area contributed by atoms with E-state index in [4.69, 9.17) is 0 Å². The number of nitrogens with one attached hydrogen (secondary N) is 2. The van der Waals surface area contributed by atoms with E-state index >= 15 is 0 Å². The smallest absolute Gasteiger partial charge is 0.253 e. The summed E-state index contributed by atoms with van der Waals surface area (Å²) in [6, 6.07) is 5.09. The molecule has 1 atom stereocenters. The van der Waals surface area contributed by atoms with Gasteiger partial charge < -0.3 is 15.5 Å². The Hall–Kier alpha value is -1.62. The molecule has 1 unspecified atom stereocenters. The molecule has 1 aromatic carbocycles. The molecule has 1 heterocycles. The molecule has 5 heteroatoms. The van der Waals surface area contributed by atoms with Gasteiger partial charge in [0.2, 0.25) is 0 Å². The fourth-order valence-electron chi connectivity index (χ4n) is 2.80. The van der Waals surface area contributed by atoms with Gasteiger partial charge in [0.15, 0.2) is 0 Å². The maximum atomic E-state index is 13.6. The van der Waals surface area contributed by atoms with Crippen LogP contribution in [-0.2, 0) is 0 Å². The Morgan fingerprint density at radius 2 is 2.24 bits per heavy atom. The van der Waals surface area contributed by atoms with Crippen LogP contribution in [0.2, 0.25) is 0 Å². The van der Waals surface area contributed by atoms with E-state index in [0.717, 1.165) is 19.5 Å². The molecule has 0 aliphatic carbocycles. The van der Waals surface area contributed by atoms with Gasteiger partial charge in [0.25, 0.3) is 5.91 Å². The van der Waals surface area contributed by atoms with Gasteiger partial charge in [-0.3, -0.25) is 4.79 Å². The van der Waals surface area contributed by atoms with Crippen LogP contribution in [0.25, 0.3) is 0 Å². The lowest BCUT2D eigenvalue weighted by atomic mass is 10.1. The fraction of sp³-hybridized carbons (Fsp3) is 0.562. The van der Waals surface area contributed by atoms with Gasteiger partial charge in [-0.25, -0.2) is 4.39 Å². The van der Waals surface area contributed by atoms with Crippen molar-refractivity contribution in [1.29, 1.82) is 0 Å². The highest BCUT2D eigenvalue weighted by molar-refractivity contribution is 5.99. The summed E-state index contributed by atoms with van der Waals surface area (Å²) in [7, 11) is 1.62. The molecule has 0 bridgehead atoms. The number of anilines is 1. The fourth-order valence-corrected chi connectivity index (χ4v) is 2.80. The summed E-state index contributed by atoms with van der Waals surface area (Å²) < 4.78 is 13.6. The van der Waals surface area contributed by atoms with E-state index in [1.54, 1.807) is 19.2 Å². The lowest BCUT2D eigenvalue weighted by Gasteiger charge is -2.20. The number of likely N-dealkylation sites (tertiary alicyclic amines) is 1. The molecule has 116 valence electrons. The number of hydrogen-bond acceptors (Lipinski definition) is 3. The van der Waals surface area contributed by atoms with Crippen molar-refractivity contribution in [1.82, 2.24) is 10.2 Å². The summed E-state index contributed by atoms with van der Waals surface area (Å²) in [5.41, 5.74) is 0.612. The van der Waals surface area contributed by atoms with E-state index in [1.165, 1.54) is 6.07 Å². The zero-order valence-corrected chi connectivity index (χ0v) is 12.9. The first-order valence-corrected chi connectivity index (χ1v) is 7.51. The monoisotopic (exact) mass is 293 g/mol. The van der Waals surface area contributed by atoms with Gasteiger partial charge in [-0.15, -0.1) is 0 Å². The molecular weight excluding hydrogens is 269 g/mol. The summed E-state index contributed by atoms with van der Waals surface area (Å²) in [5.74, 6) is -0.151. The number of carbonyl (C=O) groups excluding carboxylic acids is 1. The topological polar surface area (TPSA) is 44.4 Å². The lowest BCUT2D eigenvalue weighted by molar-refractivity contribution is 0.0947. The zero-order chi connectivity index (χ0) is 15.4. The molecule has 2 N–H and O–H groups in total. The van der Waals surface area contributed by atoms with Crippen molar-refractivity contribution in [2.45, 2.75) is 26.3 Å². The third-order valence-corrected chi connectivity index (χ3v) is 4.11. The minimum atomic E-state index is -0.406. The lowest BCUT2D eigenvalue weighted by Crippen LogP contribution is -2.33. The van der Waals surface area contributed by atoms with Crippen LogP contribution in [0.5, 0.6) is 0 Å². The Morgan fingerprint density at radius 3 is 2.86 bits per heavy atom. The predicted octanol–water partition coefficient (Wildman–Crippen LogP) is 2.33. The SMILES string of the molecule is CNc1c(F)cccc1C(=O)NCC1CCN(C(C)C)C1. The Balaban J connectivity index is 1.93. The van der Waals surface area contributed by atoms with Crippen LogP contribution in [0.1, 0.15) is 30.6 Å². The number of halogens is 1. The van der Waals surface area contributed by atoms with Gasteiger partial charge in [-0.2, -0.15) is 0 Å². The first-order valence-electron chi connectivity index (χ1n) is 7.51. The van der Waals surface area contributed by atoms with Crippen molar-refractivity contribution in [3.05, 3.63) is 29.6 Å². The first-order chi connectivity index (χ1) is 10.0. The molecule has 1 aliphatic rings. The largest absolute Gasteiger partial charge is 0.385 e. The first kappa shape index (κ1) is 15.8. The number of amides is 1. The Labute approximate surface area is 125 Å². The van der Waals surface area contributed by atoms with Crippen LogP contribution in [0, 0.1) is 11.7 Å². The number of rotatable bonds is 5. The average molecular weight is 293 g/mol. The van der Waals surface area contributed by atoms with E-state index < -0.39 is 5.82 Å². The summed E-state index contributed by atoms with van der Waals surface area (Å²) in [6.07, 6.45) is 1.10. The van der Waals surface area contributed by atoms with Gasteiger partial charge in [0, 0.05) is 26.2 Å². The zero-order valence-electron chi connectivity index (χ0n) is 12.9. The van der Waals surface area contributed by atoms with Crippen molar-refractivity contribution < 1.29 is 9.18 Å². The van der Waals surface area contributed by atoms with Gasteiger partial charge in [-0.05, 0) is 44.9 Å². The Bertz CT molecular complexity index is 504. The molecule has 2 rings (SSSR count). The van der Waals surface area contributed by atoms with E-state index in [9.17, 15) is 9.18 Å². The molecule has 0 saturated carbocycles. The van der Waals surface area contributed by atoms with Crippen molar-refractivity contribution >= 4 is 11.6 Å². The van der Waals surface area contributed by atoms with E-state index in [1.807, 2.05) is 0 Å². The summed E-state index contributed by atoms with van der Waals surface area (Å²) in [4.78, 5) is 14.6. The standard InChI is InChI=1S/C16H24FN3O/c1-11(2)20-8-7-12(10-20)9-19-16(21)13-5-4-6-14(17)15(13)18-3/h4-6,11-12,18H,7-10H2,1-3H3,(H,19,21). The third kappa shape index (κ3) is 3.73. The van der Waals surface area contributed by atoms with Crippen LogP contribution in [0.3, 0.4) is 0 Å². The molecule has 1 fully saturated rings. The molecule has 1 amide bonds. The molecular formula is C16H24FN3O. The van der Waals surface area contributed by atoms with Crippen LogP contribution in [0.15, 0.2) is 18.2 Å². The quantitative estimate of drug-likeness (QED) is 0.876. The van der Waals surface area contributed by atoms with Crippen molar-refractivity contribution in [2.24, 2.45) is 5.92 Å². The normalized spacial score (nSPS) is 19.0. The third-order valence-electron chi connectivity index (χ3n) is 4.11. The van der Waals surface area contributed by atoms with E-state index in [-0.39, 0.29) is 11.6 Å². The maximum Gasteiger partial charge on any atom is 0.253 e. The molecule has 1 aliphatic heterocycles. The molecule has 0 spiro atoms. The highest BCUT2D eigenvalue weighted by Crippen LogP contribution is 2.20. The minimum absolute atomic E-state index is 0.221. The second kappa shape index (κ2) is 6.89. The van der Waals surface area contributed by atoms with Gasteiger partial charge in [0.05, 0.1) is 11.3 Å². The second-order valence-electron chi connectivity index (χ2n) is 5.87. The summed E-state index contributed by atoms with van der Waals surface area (Å²) >= 11 is 0. The second-order valence-corrected chi connectivity index (χ2v) is 5.87. The Morgan fingerprint density at radius 1 is 1.48 bits per heavy atom. The molecule has 21 heavy (non-hydrogen) atoms. The molecule has 0 aromatic heterocycles. The summed E-state index contributed by atoms with van der Waals surface area (Å²) in [6.45, 7) is 7.11. The number of para-hydroxylation sites is 1. The van der Waals surface area contributed by atoms with Gasteiger partial charge in [0.1, 0.15) is 5.82 Å². The maximum absolute atomic E-state index is 13.6.